The van der Waals surface area contributed by atoms with Gasteiger partial charge in [0.25, 0.3) is 0 Å². The van der Waals surface area contributed by atoms with E-state index in [9.17, 15) is 8.42 Å². The first kappa shape index (κ1) is 19.8. The number of benzene rings is 2. The van der Waals surface area contributed by atoms with Crippen molar-refractivity contribution in [3.8, 4) is 5.75 Å². The molecule has 0 saturated carbocycles. The van der Waals surface area contributed by atoms with E-state index in [2.05, 4.69) is 16.3 Å². The number of nitrogens with zero attached hydrogens (tertiary/aromatic N) is 2. The lowest BCUT2D eigenvalue weighted by atomic mass is 10.0. The molecule has 7 heteroatoms. The van der Waals surface area contributed by atoms with Gasteiger partial charge in [-0.3, -0.25) is 4.90 Å². The van der Waals surface area contributed by atoms with Gasteiger partial charge in [-0.05, 0) is 23.8 Å². The number of sulfonamides is 1. The molecule has 3 rings (SSSR count). The second-order valence-corrected chi connectivity index (χ2v) is 9.02. The zero-order chi connectivity index (χ0) is 19.4. The maximum absolute atomic E-state index is 12.4. The fraction of sp³-hybridized carbons (Fsp3) is 0.400. The zero-order valence-electron chi connectivity index (χ0n) is 16.1. The molecule has 1 aliphatic rings. The van der Waals surface area contributed by atoms with Crippen molar-refractivity contribution in [3.63, 3.8) is 0 Å². The molecule has 1 saturated heterocycles. The van der Waals surface area contributed by atoms with Crippen LogP contribution in [0.3, 0.4) is 0 Å². The standard InChI is InChI=1S/C20H27N3O3S/c1-22(2)27(24,25)17-8-6-7-16(13-17)15-23-12-11-21-14-19(23)18-9-4-5-10-20(18)26-3/h4-10,13,19,21H,11-12,14-15H2,1-3H3. The topological polar surface area (TPSA) is 61.9 Å². The summed E-state index contributed by atoms with van der Waals surface area (Å²) in [7, 11) is 1.36. The molecule has 6 nitrogen and oxygen atoms in total. The molecule has 0 amide bonds. The van der Waals surface area contributed by atoms with Crippen LogP contribution in [0, 0.1) is 0 Å². The predicted octanol–water partition coefficient (Wildman–Crippen LogP) is 2.09. The molecule has 2 aromatic rings. The Morgan fingerprint density at radius 2 is 1.96 bits per heavy atom. The lowest BCUT2D eigenvalue weighted by Gasteiger charge is -2.37. The molecule has 146 valence electrons. The Morgan fingerprint density at radius 3 is 2.70 bits per heavy atom. The largest absolute Gasteiger partial charge is 0.496 e. The van der Waals surface area contributed by atoms with Gasteiger partial charge in [-0.2, -0.15) is 0 Å². The van der Waals surface area contributed by atoms with Gasteiger partial charge in [0.1, 0.15) is 5.75 Å². The van der Waals surface area contributed by atoms with Crippen LogP contribution in [-0.2, 0) is 16.6 Å². The van der Waals surface area contributed by atoms with Crippen molar-refractivity contribution in [2.45, 2.75) is 17.5 Å². The lowest BCUT2D eigenvalue weighted by molar-refractivity contribution is 0.151. The number of rotatable bonds is 6. The summed E-state index contributed by atoms with van der Waals surface area (Å²) in [5, 5.41) is 3.45. The highest BCUT2D eigenvalue weighted by Crippen LogP contribution is 2.31. The van der Waals surface area contributed by atoms with Crippen LogP contribution in [0.15, 0.2) is 53.4 Å². The molecule has 0 aromatic heterocycles. The Kier molecular flexibility index (Phi) is 6.16. The van der Waals surface area contributed by atoms with E-state index in [0.717, 1.165) is 36.5 Å². The number of para-hydroxylation sites is 1. The first-order valence-electron chi connectivity index (χ1n) is 9.02. The average molecular weight is 390 g/mol. The van der Waals surface area contributed by atoms with Crippen molar-refractivity contribution in [2.24, 2.45) is 0 Å². The summed E-state index contributed by atoms with van der Waals surface area (Å²) in [5.74, 6) is 0.875. The van der Waals surface area contributed by atoms with Gasteiger partial charge >= 0.3 is 0 Å². The van der Waals surface area contributed by atoms with Gasteiger partial charge < -0.3 is 10.1 Å². The van der Waals surface area contributed by atoms with Crippen molar-refractivity contribution >= 4 is 10.0 Å². The van der Waals surface area contributed by atoms with E-state index in [1.807, 2.05) is 30.3 Å². The molecule has 0 bridgehead atoms. The van der Waals surface area contributed by atoms with E-state index in [-0.39, 0.29) is 6.04 Å². The highest BCUT2D eigenvalue weighted by Gasteiger charge is 2.26. The van der Waals surface area contributed by atoms with Crippen LogP contribution in [0.2, 0.25) is 0 Å². The first-order chi connectivity index (χ1) is 12.9. The second kappa shape index (κ2) is 8.39. The van der Waals surface area contributed by atoms with E-state index in [0.29, 0.717) is 11.4 Å². The Bertz CT molecular complexity index is 884. The minimum absolute atomic E-state index is 0.170. The third-order valence-electron chi connectivity index (χ3n) is 4.91. The van der Waals surface area contributed by atoms with Crippen LogP contribution in [0.1, 0.15) is 17.2 Å². The molecule has 1 fully saturated rings. The van der Waals surface area contributed by atoms with Crippen LogP contribution >= 0.6 is 0 Å². The van der Waals surface area contributed by atoms with Crippen LogP contribution in [0.4, 0.5) is 0 Å². The smallest absolute Gasteiger partial charge is 0.242 e. The summed E-state index contributed by atoms with van der Waals surface area (Å²) in [6.07, 6.45) is 0. The SMILES string of the molecule is COc1ccccc1C1CNCCN1Cc1cccc(S(=O)(=O)N(C)C)c1. The normalized spacial score (nSPS) is 18.6. The molecule has 0 radical (unpaired) electrons. The first-order valence-corrected chi connectivity index (χ1v) is 10.5. The van der Waals surface area contributed by atoms with Crippen molar-refractivity contribution in [2.75, 3.05) is 40.8 Å². The minimum Gasteiger partial charge on any atom is -0.496 e. The van der Waals surface area contributed by atoms with E-state index in [1.165, 1.54) is 4.31 Å². The number of hydrogen-bond acceptors (Lipinski definition) is 5. The van der Waals surface area contributed by atoms with Crippen LogP contribution in [0.25, 0.3) is 0 Å². The van der Waals surface area contributed by atoms with Crippen molar-refractivity contribution < 1.29 is 13.2 Å². The maximum Gasteiger partial charge on any atom is 0.242 e. The molecule has 0 spiro atoms. The molecule has 1 aliphatic heterocycles. The number of ether oxygens (including phenoxy) is 1. The van der Waals surface area contributed by atoms with Gasteiger partial charge in [0.15, 0.2) is 0 Å². The summed E-state index contributed by atoms with van der Waals surface area (Å²) in [6, 6.07) is 15.5. The molecule has 1 heterocycles. The molecule has 2 aromatic carbocycles. The molecule has 1 atom stereocenters. The van der Waals surface area contributed by atoms with E-state index in [4.69, 9.17) is 4.74 Å². The number of nitrogens with one attached hydrogen (secondary N) is 1. The fourth-order valence-electron chi connectivity index (χ4n) is 3.43. The summed E-state index contributed by atoms with van der Waals surface area (Å²) in [6.45, 7) is 3.30. The van der Waals surface area contributed by atoms with Crippen LogP contribution < -0.4 is 10.1 Å². The quantitative estimate of drug-likeness (QED) is 0.820. The second-order valence-electron chi connectivity index (χ2n) is 6.87. The van der Waals surface area contributed by atoms with E-state index in [1.54, 1.807) is 33.3 Å². The van der Waals surface area contributed by atoms with Gasteiger partial charge in [-0.1, -0.05) is 30.3 Å². The highest BCUT2D eigenvalue weighted by atomic mass is 32.2. The number of methoxy groups -OCH3 is 1. The molecule has 1 N–H and O–H groups in total. The predicted molar refractivity (Wildman–Crippen MR) is 106 cm³/mol. The Morgan fingerprint density at radius 1 is 1.19 bits per heavy atom. The average Bonchev–Trinajstić information content (AvgIpc) is 2.68. The van der Waals surface area contributed by atoms with Gasteiger partial charge in [-0.15, -0.1) is 0 Å². The molecule has 1 unspecified atom stereocenters. The summed E-state index contributed by atoms with van der Waals surface area (Å²) in [5.41, 5.74) is 2.13. The number of hydrogen-bond donors (Lipinski definition) is 1. The molecule has 0 aliphatic carbocycles. The molecular weight excluding hydrogens is 362 g/mol. The Labute approximate surface area is 161 Å². The van der Waals surface area contributed by atoms with Gasteiger partial charge in [-0.25, -0.2) is 12.7 Å². The maximum atomic E-state index is 12.4. The van der Waals surface area contributed by atoms with Crippen molar-refractivity contribution in [3.05, 3.63) is 59.7 Å². The zero-order valence-corrected chi connectivity index (χ0v) is 16.9. The minimum atomic E-state index is -3.43. The van der Waals surface area contributed by atoms with E-state index >= 15 is 0 Å². The van der Waals surface area contributed by atoms with Gasteiger partial charge in [0.05, 0.1) is 18.0 Å². The van der Waals surface area contributed by atoms with Crippen molar-refractivity contribution in [1.82, 2.24) is 14.5 Å². The Hall–Kier alpha value is -1.93. The summed E-state index contributed by atoms with van der Waals surface area (Å²) in [4.78, 5) is 2.70. The fourth-order valence-corrected chi connectivity index (χ4v) is 4.41. The lowest BCUT2D eigenvalue weighted by Crippen LogP contribution is -2.45. The van der Waals surface area contributed by atoms with Gasteiger partial charge in [0, 0.05) is 45.8 Å². The van der Waals surface area contributed by atoms with Crippen LogP contribution in [0.5, 0.6) is 5.75 Å². The Balaban J connectivity index is 1.87. The molecule has 27 heavy (non-hydrogen) atoms. The van der Waals surface area contributed by atoms with Crippen molar-refractivity contribution in [1.29, 1.82) is 0 Å². The number of piperazine rings is 1. The highest BCUT2D eigenvalue weighted by molar-refractivity contribution is 7.89. The van der Waals surface area contributed by atoms with E-state index < -0.39 is 10.0 Å². The third kappa shape index (κ3) is 4.32. The third-order valence-corrected chi connectivity index (χ3v) is 6.73. The molecular formula is C20H27N3O3S. The summed E-state index contributed by atoms with van der Waals surface area (Å²) < 4.78 is 31.7. The van der Waals surface area contributed by atoms with Gasteiger partial charge in [0.2, 0.25) is 10.0 Å². The monoisotopic (exact) mass is 389 g/mol. The van der Waals surface area contributed by atoms with Crippen LogP contribution in [-0.4, -0.2) is 58.5 Å². The summed E-state index contributed by atoms with van der Waals surface area (Å²) >= 11 is 0.